The summed E-state index contributed by atoms with van der Waals surface area (Å²) in [6.45, 7) is -0.228. The van der Waals surface area contributed by atoms with Crippen molar-refractivity contribution >= 4 is 16.7 Å². The molecule has 1 saturated heterocycles. The van der Waals surface area contributed by atoms with Crippen LogP contribution >= 0.6 is 0 Å². The lowest BCUT2D eigenvalue weighted by Crippen LogP contribution is -2.51. The zero-order valence-corrected chi connectivity index (χ0v) is 21.2. The summed E-state index contributed by atoms with van der Waals surface area (Å²) >= 11 is 0. The van der Waals surface area contributed by atoms with Crippen molar-refractivity contribution in [3.8, 4) is 0 Å². The van der Waals surface area contributed by atoms with E-state index in [1.54, 1.807) is 0 Å². The zero-order valence-electron chi connectivity index (χ0n) is 20.3. The van der Waals surface area contributed by atoms with E-state index in [0.717, 1.165) is 31.4 Å². The molecule has 1 heterocycles. The normalized spacial score (nSPS) is 22.2. The first-order chi connectivity index (χ1) is 18.1. The molecule has 0 bridgehead atoms. The largest absolute Gasteiger partial charge is 0.436 e. The molecule has 1 amide bonds. The average Bonchev–Trinajstić information content (AvgIpc) is 3.33. The van der Waals surface area contributed by atoms with Gasteiger partial charge in [0.2, 0.25) is 5.91 Å². The Morgan fingerprint density at radius 1 is 0.872 bits per heavy atom. The van der Waals surface area contributed by atoms with Crippen LogP contribution in [0.3, 0.4) is 0 Å². The van der Waals surface area contributed by atoms with Gasteiger partial charge in [0.1, 0.15) is 11.6 Å². The minimum Gasteiger partial charge on any atom is -0.341 e. The van der Waals surface area contributed by atoms with E-state index in [0.29, 0.717) is 25.0 Å². The Hall–Kier alpha value is -2.57. The maximum absolute atomic E-state index is 15.0. The fourth-order valence-electron chi connectivity index (χ4n) is 5.40. The minimum atomic E-state index is -6.52. The molecule has 1 aliphatic heterocycles. The summed E-state index contributed by atoms with van der Waals surface area (Å²) in [5.74, 6) is -3.31. The monoisotopic (exact) mass is 585 g/mol. The van der Waals surface area contributed by atoms with Crippen LogP contribution in [0.25, 0.3) is 0 Å². The van der Waals surface area contributed by atoms with Gasteiger partial charge in [-0.2, -0.15) is 26.3 Å². The van der Waals surface area contributed by atoms with Gasteiger partial charge in [-0.05, 0) is 55.2 Å². The second-order valence-electron chi connectivity index (χ2n) is 9.91. The van der Waals surface area contributed by atoms with Crippen LogP contribution in [-0.2, 0) is 26.0 Å². The second kappa shape index (κ2) is 10.4. The number of hydrogen-bond acceptors (Lipinski definition) is 2. The maximum atomic E-state index is 15.0. The van der Waals surface area contributed by atoms with Crippen molar-refractivity contribution in [1.29, 1.82) is 0 Å². The molecule has 0 aromatic heterocycles. The summed E-state index contributed by atoms with van der Waals surface area (Å²) < 4.78 is 135. The Bertz CT molecular complexity index is 1230. The standard InChI is InChI=1S/C26H24F9NO2S/c27-18-7-9-19(10-8-18)39(38)23(12-13-36(15-23)22(37)16-4-2-1-3-5-16)17-6-11-20(21(28)14-17)24(29,25(30,31)32)26(33,34)35/h6-11,14,16H,1-5,12-13,15H2/t23-,39?/m0/s1. The topological polar surface area (TPSA) is 37.4 Å². The molecule has 0 radical (unpaired) electrons. The molecule has 2 aromatic rings. The lowest BCUT2D eigenvalue weighted by atomic mass is 9.88. The number of benzene rings is 2. The van der Waals surface area contributed by atoms with Gasteiger partial charge in [0.25, 0.3) is 0 Å². The molecule has 2 fully saturated rings. The van der Waals surface area contributed by atoms with E-state index in [-0.39, 0.29) is 47.9 Å². The molecule has 4 rings (SSSR count). The molecule has 2 atom stereocenters. The Kier molecular flexibility index (Phi) is 7.87. The van der Waals surface area contributed by atoms with Crippen molar-refractivity contribution in [3.63, 3.8) is 0 Å². The summed E-state index contributed by atoms with van der Waals surface area (Å²) in [5.41, 5.74) is -8.52. The Morgan fingerprint density at radius 2 is 1.46 bits per heavy atom. The minimum absolute atomic E-state index is 0.0454. The number of carbonyl (C=O) groups excluding carboxylic acids is 1. The van der Waals surface area contributed by atoms with Gasteiger partial charge in [-0.25, -0.2) is 13.2 Å². The van der Waals surface area contributed by atoms with Crippen LogP contribution in [0.1, 0.15) is 49.7 Å². The maximum Gasteiger partial charge on any atom is 0.436 e. The van der Waals surface area contributed by atoms with Crippen LogP contribution in [0.5, 0.6) is 0 Å². The number of carbonyl (C=O) groups is 1. The van der Waals surface area contributed by atoms with Gasteiger partial charge in [0.15, 0.2) is 0 Å². The van der Waals surface area contributed by atoms with Crippen molar-refractivity contribution in [3.05, 3.63) is 65.2 Å². The predicted molar refractivity (Wildman–Crippen MR) is 124 cm³/mol. The first-order valence-corrected chi connectivity index (χ1v) is 13.4. The Morgan fingerprint density at radius 3 is 2.00 bits per heavy atom. The highest BCUT2D eigenvalue weighted by molar-refractivity contribution is 7.86. The molecule has 214 valence electrons. The molecule has 1 aliphatic carbocycles. The SMILES string of the molecule is O=C(C1CCCCC1)N1CC[C@](c2ccc(C(F)(C(F)(F)F)C(F)(F)F)c(F)c2)(S(=O)c2ccc(F)cc2)C1. The first-order valence-electron chi connectivity index (χ1n) is 12.2. The summed E-state index contributed by atoms with van der Waals surface area (Å²) in [6, 6.07) is 5.44. The summed E-state index contributed by atoms with van der Waals surface area (Å²) in [6.07, 6.45) is -9.18. The van der Waals surface area contributed by atoms with Gasteiger partial charge in [-0.15, -0.1) is 0 Å². The zero-order chi connectivity index (χ0) is 28.8. The third-order valence-electron chi connectivity index (χ3n) is 7.53. The molecule has 3 nitrogen and oxygen atoms in total. The lowest BCUT2D eigenvalue weighted by Gasteiger charge is -2.33. The molecule has 1 unspecified atom stereocenters. The van der Waals surface area contributed by atoms with Gasteiger partial charge in [-0.1, -0.05) is 31.4 Å². The molecule has 2 aromatic carbocycles. The third-order valence-corrected chi connectivity index (χ3v) is 9.51. The molecule has 1 saturated carbocycles. The van der Waals surface area contributed by atoms with Gasteiger partial charge in [0.05, 0.1) is 15.5 Å². The number of alkyl halides is 7. The number of amides is 1. The highest BCUT2D eigenvalue weighted by Gasteiger charge is 2.74. The highest BCUT2D eigenvalue weighted by Crippen LogP contribution is 2.54. The van der Waals surface area contributed by atoms with Crippen molar-refractivity contribution in [2.45, 2.75) is 66.2 Å². The van der Waals surface area contributed by atoms with Gasteiger partial charge < -0.3 is 4.90 Å². The average molecular weight is 586 g/mol. The smallest absolute Gasteiger partial charge is 0.341 e. The third kappa shape index (κ3) is 5.18. The van der Waals surface area contributed by atoms with E-state index >= 15 is 4.39 Å². The number of likely N-dealkylation sites (tertiary alicyclic amines) is 1. The van der Waals surface area contributed by atoms with Crippen LogP contribution in [0.15, 0.2) is 47.4 Å². The van der Waals surface area contributed by atoms with E-state index in [9.17, 15) is 44.1 Å². The predicted octanol–water partition coefficient (Wildman–Crippen LogP) is 7.07. The summed E-state index contributed by atoms with van der Waals surface area (Å²) in [5, 5.41) is 0. The van der Waals surface area contributed by atoms with Crippen molar-refractivity contribution in [1.82, 2.24) is 4.90 Å². The van der Waals surface area contributed by atoms with E-state index in [2.05, 4.69) is 0 Å². The summed E-state index contributed by atoms with van der Waals surface area (Å²) in [4.78, 5) is 14.7. The molecule has 0 N–H and O–H groups in total. The lowest BCUT2D eigenvalue weighted by molar-refractivity contribution is -0.349. The van der Waals surface area contributed by atoms with Crippen LogP contribution in [0, 0.1) is 17.6 Å². The fourth-order valence-corrected chi connectivity index (χ4v) is 7.12. The highest BCUT2D eigenvalue weighted by atomic mass is 32.2. The molecule has 39 heavy (non-hydrogen) atoms. The van der Waals surface area contributed by atoms with E-state index in [4.69, 9.17) is 0 Å². The van der Waals surface area contributed by atoms with Crippen molar-refractivity contribution < 1.29 is 48.5 Å². The number of nitrogens with zero attached hydrogens (tertiary/aromatic N) is 1. The van der Waals surface area contributed by atoms with Crippen LogP contribution in [-0.4, -0.2) is 40.5 Å². The van der Waals surface area contributed by atoms with Gasteiger partial charge in [-0.3, -0.25) is 9.00 Å². The number of halogens is 9. The molecule has 13 heteroatoms. The van der Waals surface area contributed by atoms with Crippen molar-refractivity contribution in [2.24, 2.45) is 5.92 Å². The van der Waals surface area contributed by atoms with E-state index in [1.165, 1.54) is 17.0 Å². The fraction of sp³-hybridized carbons (Fsp3) is 0.500. The molecular formula is C26H24F9NO2S. The van der Waals surface area contributed by atoms with Crippen LogP contribution in [0.4, 0.5) is 39.5 Å². The quantitative estimate of drug-likeness (QED) is 0.352. The van der Waals surface area contributed by atoms with Crippen molar-refractivity contribution in [2.75, 3.05) is 13.1 Å². The molecule has 0 spiro atoms. The van der Waals surface area contributed by atoms with Gasteiger partial charge in [0, 0.05) is 29.5 Å². The Balaban J connectivity index is 1.79. The van der Waals surface area contributed by atoms with Crippen LogP contribution < -0.4 is 0 Å². The molecular weight excluding hydrogens is 561 g/mol. The van der Waals surface area contributed by atoms with E-state index in [1.807, 2.05) is 0 Å². The number of hydrogen-bond donors (Lipinski definition) is 0. The molecule has 2 aliphatic rings. The Labute approximate surface area is 220 Å². The summed E-state index contributed by atoms with van der Waals surface area (Å²) in [7, 11) is -2.15. The number of rotatable bonds is 5. The van der Waals surface area contributed by atoms with Crippen LogP contribution in [0.2, 0.25) is 0 Å². The second-order valence-corrected chi connectivity index (χ2v) is 11.7. The van der Waals surface area contributed by atoms with E-state index < -0.39 is 50.8 Å². The van der Waals surface area contributed by atoms with Gasteiger partial charge >= 0.3 is 18.0 Å². The first kappa shape index (κ1) is 29.4.